The molecule has 5 nitrogen and oxygen atoms in total. The predicted molar refractivity (Wildman–Crippen MR) is 82.1 cm³/mol. The second kappa shape index (κ2) is 8.47. The first-order chi connectivity index (χ1) is 9.45. The number of oxime groups is 1. The number of ether oxygens (including phenoxy) is 1. The molecule has 0 heterocycles. The molecule has 20 heavy (non-hydrogen) atoms. The lowest BCUT2D eigenvalue weighted by atomic mass is 9.86. The molecular formula is C15H31N3O2. The highest BCUT2D eigenvalue weighted by Gasteiger charge is 2.23. The van der Waals surface area contributed by atoms with E-state index in [0.717, 1.165) is 51.5 Å². The molecule has 3 N–H and O–H groups in total. The third kappa shape index (κ3) is 7.10. The van der Waals surface area contributed by atoms with Crippen LogP contribution >= 0.6 is 0 Å². The Labute approximate surface area is 123 Å². The van der Waals surface area contributed by atoms with Crippen LogP contribution in [-0.4, -0.2) is 49.3 Å². The van der Waals surface area contributed by atoms with Gasteiger partial charge in [-0.1, -0.05) is 25.4 Å². The van der Waals surface area contributed by atoms with E-state index in [1.54, 1.807) is 0 Å². The zero-order valence-electron chi connectivity index (χ0n) is 13.3. The second-order valence-corrected chi connectivity index (χ2v) is 6.65. The molecule has 1 aliphatic carbocycles. The fourth-order valence-corrected chi connectivity index (χ4v) is 2.08. The zero-order chi connectivity index (χ0) is 15.0. The number of hydrogen-bond donors (Lipinski definition) is 2. The van der Waals surface area contributed by atoms with Crippen molar-refractivity contribution in [3.05, 3.63) is 0 Å². The van der Waals surface area contributed by atoms with Gasteiger partial charge in [0.25, 0.3) is 0 Å². The summed E-state index contributed by atoms with van der Waals surface area (Å²) >= 11 is 0. The van der Waals surface area contributed by atoms with Gasteiger partial charge in [-0.2, -0.15) is 0 Å². The molecule has 1 fully saturated rings. The van der Waals surface area contributed by atoms with Gasteiger partial charge in [0, 0.05) is 18.6 Å². The summed E-state index contributed by atoms with van der Waals surface area (Å²) in [4.78, 5) is 2.31. The summed E-state index contributed by atoms with van der Waals surface area (Å²) in [6, 6.07) is 0. The molecule has 0 spiro atoms. The standard InChI is InChI=1S/C15H31N3O2/c1-15(2,14(16)17-19)8-4-5-9-18(3)10-11-20-12-13-6-7-13/h13,19H,4-12H2,1-3H3,(H2,16,17). The smallest absolute Gasteiger partial charge is 0.144 e. The van der Waals surface area contributed by atoms with Crippen LogP contribution in [0.2, 0.25) is 0 Å². The van der Waals surface area contributed by atoms with Crippen molar-refractivity contribution >= 4 is 5.84 Å². The summed E-state index contributed by atoms with van der Waals surface area (Å²) in [6.45, 7) is 7.87. The minimum atomic E-state index is -0.222. The van der Waals surface area contributed by atoms with Crippen LogP contribution in [0.15, 0.2) is 5.16 Å². The molecule has 5 heteroatoms. The van der Waals surface area contributed by atoms with Crippen LogP contribution in [0.25, 0.3) is 0 Å². The van der Waals surface area contributed by atoms with Crippen molar-refractivity contribution in [2.75, 3.05) is 33.4 Å². The zero-order valence-corrected chi connectivity index (χ0v) is 13.3. The van der Waals surface area contributed by atoms with Gasteiger partial charge in [0.15, 0.2) is 0 Å². The monoisotopic (exact) mass is 285 g/mol. The molecule has 0 aromatic heterocycles. The van der Waals surface area contributed by atoms with Gasteiger partial charge in [-0.3, -0.25) is 0 Å². The minimum Gasteiger partial charge on any atom is -0.409 e. The Hall–Kier alpha value is -0.810. The number of hydrogen-bond acceptors (Lipinski definition) is 4. The maximum atomic E-state index is 8.72. The Morgan fingerprint density at radius 2 is 2.05 bits per heavy atom. The highest BCUT2D eigenvalue weighted by atomic mass is 16.5. The van der Waals surface area contributed by atoms with Gasteiger partial charge in [0.1, 0.15) is 5.84 Å². The van der Waals surface area contributed by atoms with Gasteiger partial charge >= 0.3 is 0 Å². The predicted octanol–water partition coefficient (Wildman–Crippen LogP) is 2.29. The average Bonchev–Trinajstić information content (AvgIpc) is 3.23. The fourth-order valence-electron chi connectivity index (χ4n) is 2.08. The van der Waals surface area contributed by atoms with E-state index in [9.17, 15) is 0 Å². The number of unbranched alkanes of at least 4 members (excludes halogenated alkanes) is 1. The van der Waals surface area contributed by atoms with Gasteiger partial charge in [-0.25, -0.2) is 0 Å². The maximum Gasteiger partial charge on any atom is 0.144 e. The van der Waals surface area contributed by atoms with Crippen LogP contribution in [0.5, 0.6) is 0 Å². The SMILES string of the molecule is CN(CCCCC(C)(C)C(N)=NO)CCOCC1CC1. The molecule has 0 aromatic rings. The lowest BCUT2D eigenvalue weighted by Gasteiger charge is -2.23. The van der Waals surface area contributed by atoms with Crippen LogP contribution in [0.3, 0.4) is 0 Å². The van der Waals surface area contributed by atoms with Crippen molar-refractivity contribution in [3.63, 3.8) is 0 Å². The van der Waals surface area contributed by atoms with Crippen molar-refractivity contribution in [1.82, 2.24) is 4.90 Å². The first-order valence-corrected chi connectivity index (χ1v) is 7.70. The van der Waals surface area contributed by atoms with E-state index >= 15 is 0 Å². The summed E-state index contributed by atoms with van der Waals surface area (Å²) in [6.07, 6.45) is 5.85. The quantitative estimate of drug-likeness (QED) is 0.201. The lowest BCUT2D eigenvalue weighted by molar-refractivity contribution is 0.103. The normalized spacial score (nSPS) is 16.9. The van der Waals surface area contributed by atoms with Gasteiger partial charge in [0.2, 0.25) is 0 Å². The van der Waals surface area contributed by atoms with Gasteiger partial charge in [-0.15, -0.1) is 0 Å². The van der Waals surface area contributed by atoms with Gasteiger partial charge in [-0.05, 0) is 45.2 Å². The molecule has 0 aliphatic heterocycles. The second-order valence-electron chi connectivity index (χ2n) is 6.65. The van der Waals surface area contributed by atoms with E-state index in [-0.39, 0.29) is 5.41 Å². The van der Waals surface area contributed by atoms with E-state index < -0.39 is 0 Å². The Kier molecular flexibility index (Phi) is 7.30. The van der Waals surface area contributed by atoms with Crippen LogP contribution in [0.4, 0.5) is 0 Å². The Morgan fingerprint density at radius 1 is 1.35 bits per heavy atom. The van der Waals surface area contributed by atoms with Crippen molar-refractivity contribution in [3.8, 4) is 0 Å². The van der Waals surface area contributed by atoms with Crippen LogP contribution in [0.1, 0.15) is 46.0 Å². The van der Waals surface area contributed by atoms with Gasteiger partial charge < -0.3 is 20.6 Å². The van der Waals surface area contributed by atoms with E-state index in [1.165, 1.54) is 12.8 Å². The fraction of sp³-hybridized carbons (Fsp3) is 0.933. The number of amidine groups is 1. The molecular weight excluding hydrogens is 254 g/mol. The molecule has 0 amide bonds. The molecule has 0 bridgehead atoms. The van der Waals surface area contributed by atoms with Crippen molar-refractivity contribution < 1.29 is 9.94 Å². The average molecular weight is 285 g/mol. The molecule has 0 radical (unpaired) electrons. The summed E-state index contributed by atoms with van der Waals surface area (Å²) in [5, 5.41) is 11.8. The highest BCUT2D eigenvalue weighted by Crippen LogP contribution is 2.28. The topological polar surface area (TPSA) is 71.1 Å². The Bertz CT molecular complexity index is 301. The summed E-state index contributed by atoms with van der Waals surface area (Å²) < 4.78 is 5.63. The lowest BCUT2D eigenvalue weighted by Crippen LogP contribution is -2.32. The summed E-state index contributed by atoms with van der Waals surface area (Å²) in [5.74, 6) is 1.17. The summed E-state index contributed by atoms with van der Waals surface area (Å²) in [5.41, 5.74) is 5.45. The Morgan fingerprint density at radius 3 is 2.65 bits per heavy atom. The van der Waals surface area contributed by atoms with Gasteiger partial charge in [0.05, 0.1) is 6.61 Å². The van der Waals surface area contributed by atoms with E-state index in [4.69, 9.17) is 15.7 Å². The summed E-state index contributed by atoms with van der Waals surface area (Å²) in [7, 11) is 2.13. The molecule has 0 unspecified atom stereocenters. The third-order valence-electron chi connectivity index (χ3n) is 4.06. The van der Waals surface area contributed by atoms with Crippen molar-refractivity contribution in [2.45, 2.75) is 46.0 Å². The minimum absolute atomic E-state index is 0.222. The molecule has 118 valence electrons. The molecule has 1 saturated carbocycles. The first-order valence-electron chi connectivity index (χ1n) is 7.70. The van der Waals surface area contributed by atoms with Crippen molar-refractivity contribution in [2.24, 2.45) is 22.2 Å². The third-order valence-corrected chi connectivity index (χ3v) is 4.06. The molecule has 1 rings (SSSR count). The van der Waals surface area contributed by atoms with Crippen LogP contribution in [0, 0.1) is 11.3 Å². The van der Waals surface area contributed by atoms with E-state index in [1.807, 2.05) is 13.8 Å². The van der Waals surface area contributed by atoms with Crippen molar-refractivity contribution in [1.29, 1.82) is 0 Å². The molecule has 1 aliphatic rings. The molecule has 0 aromatic carbocycles. The van der Waals surface area contributed by atoms with Crippen LogP contribution in [-0.2, 0) is 4.74 Å². The first kappa shape index (κ1) is 17.2. The Balaban J connectivity index is 1.98. The number of rotatable bonds is 11. The molecule has 0 saturated heterocycles. The number of nitrogens with two attached hydrogens (primary N) is 1. The number of nitrogens with zero attached hydrogens (tertiary/aromatic N) is 2. The van der Waals surface area contributed by atoms with E-state index in [0.29, 0.717) is 5.84 Å². The largest absolute Gasteiger partial charge is 0.409 e. The maximum absolute atomic E-state index is 8.72. The highest BCUT2D eigenvalue weighted by molar-refractivity contribution is 5.85. The van der Waals surface area contributed by atoms with E-state index in [2.05, 4.69) is 17.1 Å². The van der Waals surface area contributed by atoms with Crippen LogP contribution < -0.4 is 5.73 Å². The number of likely N-dealkylation sites (N-methyl/N-ethyl adjacent to an activating group) is 1. The molecule has 0 atom stereocenters.